The summed E-state index contributed by atoms with van der Waals surface area (Å²) in [6.45, 7) is 0. The minimum atomic E-state index is -4.42. The quantitative estimate of drug-likeness (QED) is 0.338. The van der Waals surface area contributed by atoms with Crippen molar-refractivity contribution < 1.29 is 43.0 Å². The second kappa shape index (κ2) is 5.85. The van der Waals surface area contributed by atoms with Gasteiger partial charge < -0.3 is 9.11 Å². The molecule has 0 aromatic heterocycles. The molecule has 4 N–H and O–H groups in total. The van der Waals surface area contributed by atoms with Crippen LogP contribution in [-0.4, -0.2) is 25.9 Å². The molecule has 0 aromatic carbocycles. The molecule has 0 aromatic rings. The number of hydrogen-bond donors (Lipinski definition) is 2. The molecule has 70 valence electrons. The number of rotatable bonds is 0. The van der Waals surface area contributed by atoms with Gasteiger partial charge in [-0.3, -0.25) is 0 Å². The van der Waals surface area contributed by atoms with E-state index in [1.54, 1.807) is 0 Å². The fourth-order valence-electron chi connectivity index (χ4n) is 0. The monoisotopic (exact) mass is 248 g/mol. The van der Waals surface area contributed by atoms with Gasteiger partial charge in [-0.05, 0) is 0 Å². The fraction of sp³-hybridized carbons (Fsp3) is 0. The summed E-state index contributed by atoms with van der Waals surface area (Å²) in [5.74, 6) is 0. The third-order valence-corrected chi connectivity index (χ3v) is 0. The summed E-state index contributed by atoms with van der Waals surface area (Å²) in [7, 11) is -8.83. The Morgan fingerprint density at radius 3 is 0.818 bits per heavy atom. The summed E-state index contributed by atoms with van der Waals surface area (Å²) < 4.78 is 53.1. The van der Waals surface area contributed by atoms with Gasteiger partial charge in [0.05, 0.1) is 0 Å². The zero-order valence-electron chi connectivity index (χ0n) is 4.77. The smallest absolute Gasteiger partial charge is 0.736 e. The van der Waals surface area contributed by atoms with Gasteiger partial charge in [0, 0.05) is 0 Å². The van der Waals surface area contributed by atoms with E-state index in [0.29, 0.717) is 0 Å². The Morgan fingerprint density at radius 2 is 0.818 bits per heavy atom. The van der Waals surface area contributed by atoms with Crippen molar-refractivity contribution in [2.45, 2.75) is 0 Å². The van der Waals surface area contributed by atoms with Crippen molar-refractivity contribution >= 4 is 20.6 Å². The van der Waals surface area contributed by atoms with Crippen molar-refractivity contribution in [1.82, 2.24) is 0 Å². The van der Waals surface area contributed by atoms with Gasteiger partial charge in [0.15, 0.2) is 20.6 Å². The van der Waals surface area contributed by atoms with Crippen LogP contribution in [0.3, 0.4) is 0 Å². The van der Waals surface area contributed by atoms with E-state index >= 15 is 0 Å². The Balaban J connectivity index is -0.000000107. The largest absolute Gasteiger partial charge is 2.00 e. The van der Waals surface area contributed by atoms with Gasteiger partial charge in [0.1, 0.15) is 0 Å². The molecule has 0 aliphatic carbocycles. The van der Waals surface area contributed by atoms with Crippen LogP contribution in [0.1, 0.15) is 0 Å². The predicted molar refractivity (Wildman–Crippen MR) is 27.8 cm³/mol. The van der Waals surface area contributed by atoms with Gasteiger partial charge in [0.25, 0.3) is 0 Å². The molecule has 0 radical (unpaired) electrons. The summed E-state index contributed by atoms with van der Waals surface area (Å²) >= 11 is 0. The van der Waals surface area contributed by atoms with Crippen LogP contribution in [0.5, 0.6) is 0 Å². The topological polar surface area (TPSA) is 166 Å². The first-order valence-corrected chi connectivity index (χ1v) is 4.41. The number of nitrogens with two attached hydrogens (primary N) is 2. The SMILES string of the molecule is NS(=O)(=O)[O-].NS(=O)(=O)[O-].[Fe+2]. The molecule has 0 heterocycles. The van der Waals surface area contributed by atoms with Gasteiger partial charge in [-0.25, -0.2) is 27.1 Å². The molecule has 0 atom stereocenters. The van der Waals surface area contributed by atoms with Gasteiger partial charge in [0.2, 0.25) is 0 Å². The van der Waals surface area contributed by atoms with Crippen LogP contribution in [0.2, 0.25) is 0 Å². The molecule has 8 nitrogen and oxygen atoms in total. The van der Waals surface area contributed by atoms with Crippen molar-refractivity contribution in [2.24, 2.45) is 10.3 Å². The van der Waals surface area contributed by atoms with Crippen LogP contribution >= 0.6 is 0 Å². The summed E-state index contributed by atoms with van der Waals surface area (Å²) in [4.78, 5) is 0. The van der Waals surface area contributed by atoms with E-state index in [-0.39, 0.29) is 17.1 Å². The molecule has 0 saturated carbocycles. The molecule has 11 heteroatoms. The zero-order valence-corrected chi connectivity index (χ0v) is 7.51. The third kappa shape index (κ3) is 10400. The van der Waals surface area contributed by atoms with Crippen molar-refractivity contribution in [3.05, 3.63) is 0 Å². The first kappa shape index (κ1) is 17.4. The summed E-state index contributed by atoms with van der Waals surface area (Å²) in [6.07, 6.45) is 0. The van der Waals surface area contributed by atoms with E-state index in [2.05, 4.69) is 10.3 Å². The van der Waals surface area contributed by atoms with E-state index < -0.39 is 20.6 Å². The van der Waals surface area contributed by atoms with E-state index in [9.17, 15) is 0 Å². The molecular weight excluding hydrogens is 244 g/mol. The molecule has 11 heavy (non-hydrogen) atoms. The Morgan fingerprint density at radius 1 is 0.818 bits per heavy atom. The second-order valence-corrected chi connectivity index (χ2v) is 2.96. The molecule has 0 fully saturated rings. The van der Waals surface area contributed by atoms with E-state index in [0.717, 1.165) is 0 Å². The predicted octanol–water partition coefficient (Wildman–Crippen LogP) is -3.19. The molecular formula is H4FeN2O6S2. The summed E-state index contributed by atoms with van der Waals surface area (Å²) in [6, 6.07) is 0. The van der Waals surface area contributed by atoms with Crippen LogP contribution < -0.4 is 10.3 Å². The van der Waals surface area contributed by atoms with Gasteiger partial charge >= 0.3 is 17.1 Å². The van der Waals surface area contributed by atoms with Crippen LogP contribution in [0, 0.1) is 0 Å². The van der Waals surface area contributed by atoms with Gasteiger partial charge in [-0.2, -0.15) is 0 Å². The van der Waals surface area contributed by atoms with Crippen LogP contribution in [0.15, 0.2) is 0 Å². The van der Waals surface area contributed by atoms with Crippen molar-refractivity contribution in [2.75, 3.05) is 0 Å². The van der Waals surface area contributed by atoms with Gasteiger partial charge in [-0.1, -0.05) is 0 Å². The van der Waals surface area contributed by atoms with Gasteiger partial charge in [-0.15, -0.1) is 0 Å². The van der Waals surface area contributed by atoms with Crippen molar-refractivity contribution in [3.63, 3.8) is 0 Å². The molecule has 0 rings (SSSR count). The molecule has 0 aliphatic rings. The molecule has 0 saturated heterocycles. The average Bonchev–Trinajstić information content (AvgIpc) is 1.12. The van der Waals surface area contributed by atoms with E-state index in [1.807, 2.05) is 0 Å². The molecule has 0 spiro atoms. The Bertz CT molecular complexity index is 215. The maximum Gasteiger partial charge on any atom is 2.00 e. The van der Waals surface area contributed by atoms with E-state index in [1.165, 1.54) is 0 Å². The van der Waals surface area contributed by atoms with Crippen molar-refractivity contribution in [1.29, 1.82) is 0 Å². The fourth-order valence-corrected chi connectivity index (χ4v) is 0. The normalized spacial score (nSPS) is 10.5. The minimum absolute atomic E-state index is 0. The first-order valence-electron chi connectivity index (χ1n) is 1.47. The molecule has 0 aliphatic heterocycles. The van der Waals surface area contributed by atoms with Crippen LogP contribution in [-0.2, 0) is 37.7 Å². The standard InChI is InChI=1S/Fe.2H3NO3S/c;2*1-5(2,3)4/h;2*(H3,1,2,3,4)/q+2;;/p-2. The zero-order chi connectivity index (χ0) is 9.00. The van der Waals surface area contributed by atoms with Crippen LogP contribution in [0.25, 0.3) is 0 Å². The Hall–Kier alpha value is 0.259. The molecule has 0 unspecified atom stereocenters. The molecule has 0 amide bonds. The Kier molecular flexibility index (Phi) is 9.24. The first-order chi connectivity index (χ1) is 4.00. The second-order valence-electron chi connectivity index (χ2n) is 0.986. The maximum atomic E-state index is 8.85. The maximum absolute atomic E-state index is 8.85. The van der Waals surface area contributed by atoms with Crippen LogP contribution in [0.4, 0.5) is 0 Å². The number of hydrogen-bond acceptors (Lipinski definition) is 6. The average molecular weight is 248 g/mol. The minimum Gasteiger partial charge on any atom is -0.736 e. The molecule has 0 bridgehead atoms. The summed E-state index contributed by atoms with van der Waals surface area (Å²) in [5.41, 5.74) is 0. The Labute approximate surface area is 74.2 Å². The third-order valence-electron chi connectivity index (χ3n) is 0. The van der Waals surface area contributed by atoms with Crippen molar-refractivity contribution in [3.8, 4) is 0 Å². The van der Waals surface area contributed by atoms with E-state index in [4.69, 9.17) is 25.9 Å². The summed E-state index contributed by atoms with van der Waals surface area (Å²) in [5, 5.41) is 7.54.